The molecule has 0 radical (unpaired) electrons. The number of pyridine rings is 1. The van der Waals surface area contributed by atoms with Gasteiger partial charge in [0.05, 0.1) is 5.52 Å². The van der Waals surface area contributed by atoms with Crippen molar-refractivity contribution in [3.63, 3.8) is 0 Å². The quantitative estimate of drug-likeness (QED) is 0.802. The van der Waals surface area contributed by atoms with E-state index >= 15 is 0 Å². The molecule has 0 fully saturated rings. The van der Waals surface area contributed by atoms with Gasteiger partial charge >= 0.3 is 0 Å². The second-order valence-corrected chi connectivity index (χ2v) is 5.33. The number of hydrogen-bond acceptors (Lipinski definition) is 2. The van der Waals surface area contributed by atoms with Crippen LogP contribution in [0.25, 0.3) is 10.9 Å². The predicted molar refractivity (Wildman–Crippen MR) is 76.2 cm³/mol. The molecule has 2 rings (SSSR count). The van der Waals surface area contributed by atoms with Gasteiger partial charge in [-0.1, -0.05) is 26.0 Å². The Bertz CT molecular complexity index is 523. The van der Waals surface area contributed by atoms with E-state index in [-0.39, 0.29) is 0 Å². The SMILES string of the molecule is CC(C)c1cc(CS)c2cccc(Br)c2n1. The Morgan fingerprint density at radius 1 is 1.38 bits per heavy atom. The molecular weight excluding hydrogens is 282 g/mol. The summed E-state index contributed by atoms with van der Waals surface area (Å²) in [7, 11) is 0. The molecule has 0 atom stereocenters. The molecule has 0 amide bonds. The third kappa shape index (κ3) is 2.11. The Hall–Kier alpha value is -0.540. The first-order valence-corrected chi connectivity index (χ1v) is 6.75. The van der Waals surface area contributed by atoms with E-state index in [1.54, 1.807) is 0 Å². The van der Waals surface area contributed by atoms with Crippen molar-refractivity contribution >= 4 is 39.5 Å². The molecule has 1 heterocycles. The molecule has 0 aliphatic heterocycles. The van der Waals surface area contributed by atoms with Crippen LogP contribution in [0.1, 0.15) is 31.0 Å². The minimum Gasteiger partial charge on any atom is -0.251 e. The Morgan fingerprint density at radius 3 is 2.75 bits per heavy atom. The molecule has 0 N–H and O–H groups in total. The van der Waals surface area contributed by atoms with Gasteiger partial charge in [0.25, 0.3) is 0 Å². The average molecular weight is 296 g/mol. The van der Waals surface area contributed by atoms with Crippen LogP contribution in [-0.2, 0) is 5.75 Å². The first kappa shape index (κ1) is 11.9. The van der Waals surface area contributed by atoms with Crippen molar-refractivity contribution < 1.29 is 0 Å². The standard InChI is InChI=1S/C13H14BrNS/c1-8(2)12-6-9(7-16)10-4-3-5-11(14)13(10)15-12/h3-6,8,16H,7H2,1-2H3. The Labute approximate surface area is 110 Å². The fraction of sp³-hybridized carbons (Fsp3) is 0.308. The van der Waals surface area contributed by atoms with Crippen LogP contribution in [0.5, 0.6) is 0 Å². The highest BCUT2D eigenvalue weighted by atomic mass is 79.9. The first-order chi connectivity index (χ1) is 7.63. The fourth-order valence-corrected chi connectivity index (χ4v) is 2.45. The number of hydrogen-bond donors (Lipinski definition) is 1. The summed E-state index contributed by atoms with van der Waals surface area (Å²) in [5, 5.41) is 1.19. The Balaban J connectivity index is 2.79. The molecule has 84 valence electrons. The zero-order chi connectivity index (χ0) is 11.7. The molecule has 16 heavy (non-hydrogen) atoms. The molecular formula is C13H14BrNS. The van der Waals surface area contributed by atoms with Crippen molar-refractivity contribution in [2.75, 3.05) is 0 Å². The van der Waals surface area contributed by atoms with Crippen molar-refractivity contribution in [2.24, 2.45) is 0 Å². The van der Waals surface area contributed by atoms with Crippen LogP contribution in [0, 0.1) is 0 Å². The van der Waals surface area contributed by atoms with Crippen LogP contribution in [0.4, 0.5) is 0 Å². The van der Waals surface area contributed by atoms with Crippen molar-refractivity contribution in [1.29, 1.82) is 0 Å². The van der Waals surface area contributed by atoms with Crippen LogP contribution >= 0.6 is 28.6 Å². The number of benzene rings is 1. The number of rotatable bonds is 2. The maximum atomic E-state index is 4.70. The molecule has 1 aromatic heterocycles. The zero-order valence-corrected chi connectivity index (χ0v) is 11.8. The third-order valence-electron chi connectivity index (χ3n) is 2.66. The van der Waals surface area contributed by atoms with E-state index in [0.717, 1.165) is 21.4 Å². The Morgan fingerprint density at radius 2 is 2.12 bits per heavy atom. The van der Waals surface area contributed by atoms with Gasteiger partial charge in [-0.2, -0.15) is 12.6 Å². The molecule has 0 saturated carbocycles. The molecule has 1 nitrogen and oxygen atoms in total. The molecule has 1 aromatic carbocycles. The highest BCUT2D eigenvalue weighted by Crippen LogP contribution is 2.28. The minimum absolute atomic E-state index is 0.440. The lowest BCUT2D eigenvalue weighted by Crippen LogP contribution is -1.96. The number of thiol groups is 1. The van der Waals surface area contributed by atoms with Crippen LogP contribution in [0.15, 0.2) is 28.7 Å². The van der Waals surface area contributed by atoms with Crippen molar-refractivity contribution in [1.82, 2.24) is 4.98 Å². The number of fused-ring (bicyclic) bond motifs is 1. The summed E-state index contributed by atoms with van der Waals surface area (Å²) in [6, 6.07) is 8.33. The van der Waals surface area contributed by atoms with Gasteiger partial charge in [-0.15, -0.1) is 0 Å². The summed E-state index contributed by atoms with van der Waals surface area (Å²) in [6.07, 6.45) is 0. The van der Waals surface area contributed by atoms with Gasteiger partial charge in [0.1, 0.15) is 0 Å². The van der Waals surface area contributed by atoms with E-state index in [9.17, 15) is 0 Å². The molecule has 0 unspecified atom stereocenters. The minimum atomic E-state index is 0.440. The number of nitrogens with zero attached hydrogens (tertiary/aromatic N) is 1. The van der Waals surface area contributed by atoms with E-state index in [4.69, 9.17) is 4.98 Å². The number of para-hydroxylation sites is 1. The van der Waals surface area contributed by atoms with E-state index < -0.39 is 0 Å². The summed E-state index contributed by atoms with van der Waals surface area (Å²) in [5.41, 5.74) is 3.42. The highest BCUT2D eigenvalue weighted by molar-refractivity contribution is 9.10. The molecule has 0 saturated heterocycles. The molecule has 0 spiro atoms. The van der Waals surface area contributed by atoms with Gasteiger partial charge in [0.2, 0.25) is 0 Å². The van der Waals surface area contributed by atoms with Gasteiger partial charge in [-0.05, 0) is 39.5 Å². The lowest BCUT2D eigenvalue weighted by Gasteiger charge is -2.11. The number of halogens is 1. The van der Waals surface area contributed by atoms with E-state index in [0.29, 0.717) is 5.92 Å². The number of aromatic nitrogens is 1. The van der Waals surface area contributed by atoms with Gasteiger partial charge in [0.15, 0.2) is 0 Å². The van der Waals surface area contributed by atoms with Gasteiger partial charge in [0, 0.05) is 21.3 Å². The molecule has 0 aliphatic rings. The smallest absolute Gasteiger partial charge is 0.0850 e. The van der Waals surface area contributed by atoms with Crippen molar-refractivity contribution in [3.05, 3.63) is 40.0 Å². The summed E-state index contributed by atoms with van der Waals surface area (Å²) in [4.78, 5) is 4.70. The summed E-state index contributed by atoms with van der Waals surface area (Å²) in [5.74, 6) is 1.19. The summed E-state index contributed by atoms with van der Waals surface area (Å²) < 4.78 is 1.05. The van der Waals surface area contributed by atoms with E-state index in [1.807, 2.05) is 12.1 Å². The molecule has 2 aromatic rings. The van der Waals surface area contributed by atoms with Crippen LogP contribution in [0.2, 0.25) is 0 Å². The maximum Gasteiger partial charge on any atom is 0.0850 e. The third-order valence-corrected chi connectivity index (χ3v) is 3.64. The normalized spacial score (nSPS) is 11.3. The molecule has 0 bridgehead atoms. The van der Waals surface area contributed by atoms with Gasteiger partial charge in [-0.25, -0.2) is 0 Å². The van der Waals surface area contributed by atoms with Gasteiger partial charge < -0.3 is 0 Å². The van der Waals surface area contributed by atoms with E-state index in [1.165, 1.54) is 10.9 Å². The van der Waals surface area contributed by atoms with Crippen molar-refractivity contribution in [2.45, 2.75) is 25.5 Å². The second kappa shape index (κ2) is 4.76. The van der Waals surface area contributed by atoms with Crippen LogP contribution in [-0.4, -0.2) is 4.98 Å². The van der Waals surface area contributed by atoms with Gasteiger partial charge in [-0.3, -0.25) is 4.98 Å². The monoisotopic (exact) mass is 295 g/mol. The average Bonchev–Trinajstić information content (AvgIpc) is 2.28. The van der Waals surface area contributed by atoms with Crippen molar-refractivity contribution in [3.8, 4) is 0 Å². The lowest BCUT2D eigenvalue weighted by molar-refractivity contribution is 0.827. The summed E-state index contributed by atoms with van der Waals surface area (Å²) in [6.45, 7) is 4.32. The van der Waals surface area contributed by atoms with Crippen LogP contribution in [0.3, 0.4) is 0 Å². The predicted octanol–water partition coefficient (Wildman–Crippen LogP) is 4.55. The Kier molecular flexibility index (Phi) is 3.55. The maximum absolute atomic E-state index is 4.70. The topological polar surface area (TPSA) is 12.9 Å². The van der Waals surface area contributed by atoms with Crippen LogP contribution < -0.4 is 0 Å². The molecule has 0 aliphatic carbocycles. The largest absolute Gasteiger partial charge is 0.251 e. The van der Waals surface area contributed by atoms with E-state index in [2.05, 4.69) is 54.5 Å². The zero-order valence-electron chi connectivity index (χ0n) is 9.37. The highest BCUT2D eigenvalue weighted by Gasteiger charge is 2.09. The first-order valence-electron chi connectivity index (χ1n) is 5.32. The summed E-state index contributed by atoms with van der Waals surface area (Å²) >= 11 is 7.95. The second-order valence-electron chi connectivity index (χ2n) is 4.16. The molecule has 3 heteroatoms. The fourth-order valence-electron chi connectivity index (χ4n) is 1.73. The lowest BCUT2D eigenvalue weighted by atomic mass is 10.0.